The first kappa shape index (κ1) is 16.5. The van der Waals surface area contributed by atoms with E-state index in [4.69, 9.17) is 4.74 Å². The Morgan fingerprint density at radius 2 is 2.04 bits per heavy atom. The Hall–Kier alpha value is -1.37. The summed E-state index contributed by atoms with van der Waals surface area (Å²) in [6.07, 6.45) is 5.98. The Balaban J connectivity index is 1.93. The van der Waals surface area contributed by atoms with E-state index in [1.165, 1.54) is 7.11 Å². The molecule has 3 saturated carbocycles. The number of anilines is 1. The average molecular weight is 384 g/mol. The minimum absolute atomic E-state index is 0.0743. The molecule has 3 aliphatic carbocycles. The maximum Gasteiger partial charge on any atom is 0.311 e. The number of nitrogens with zero attached hydrogens (tertiary/aromatic N) is 2. The summed E-state index contributed by atoms with van der Waals surface area (Å²) in [7, 11) is 1.43. The van der Waals surface area contributed by atoms with E-state index in [2.05, 4.69) is 26.2 Å². The number of ether oxygens (including phenoxy) is 1. The SMILES string of the molecule is CCn1cc(Br)nc(N[C@H]2C3CCC(CC3)[C@@H]2C(=O)OC)c1=O. The monoisotopic (exact) mass is 383 g/mol. The van der Waals surface area contributed by atoms with Crippen LogP contribution in [0.25, 0.3) is 0 Å². The maximum atomic E-state index is 12.5. The van der Waals surface area contributed by atoms with E-state index in [9.17, 15) is 9.59 Å². The summed E-state index contributed by atoms with van der Waals surface area (Å²) in [4.78, 5) is 29.0. The third-order valence-electron chi connectivity index (χ3n) is 5.28. The number of hydrogen-bond acceptors (Lipinski definition) is 5. The number of hydrogen-bond donors (Lipinski definition) is 1. The lowest BCUT2D eigenvalue weighted by Crippen LogP contribution is -2.52. The van der Waals surface area contributed by atoms with Crippen molar-refractivity contribution >= 4 is 27.7 Å². The number of carbonyl (C=O) groups excluding carboxylic acids is 1. The van der Waals surface area contributed by atoms with Crippen LogP contribution in [0.5, 0.6) is 0 Å². The second kappa shape index (κ2) is 6.63. The molecule has 3 aliphatic rings. The highest BCUT2D eigenvalue weighted by atomic mass is 79.9. The molecule has 0 unspecified atom stereocenters. The predicted molar refractivity (Wildman–Crippen MR) is 90.2 cm³/mol. The van der Waals surface area contributed by atoms with Crippen molar-refractivity contribution in [3.05, 3.63) is 21.2 Å². The lowest BCUT2D eigenvalue weighted by Gasteiger charge is -2.47. The Morgan fingerprint density at radius 3 is 2.65 bits per heavy atom. The number of carbonyl (C=O) groups is 1. The van der Waals surface area contributed by atoms with Crippen LogP contribution in [-0.4, -0.2) is 28.7 Å². The molecule has 1 heterocycles. The maximum absolute atomic E-state index is 12.5. The lowest BCUT2D eigenvalue weighted by molar-refractivity contribution is -0.152. The Morgan fingerprint density at radius 1 is 1.39 bits per heavy atom. The van der Waals surface area contributed by atoms with Gasteiger partial charge in [-0.05, 0) is 60.4 Å². The third-order valence-corrected chi connectivity index (χ3v) is 5.66. The highest BCUT2D eigenvalue weighted by molar-refractivity contribution is 9.10. The van der Waals surface area contributed by atoms with Gasteiger partial charge in [-0.3, -0.25) is 9.59 Å². The highest BCUT2D eigenvalue weighted by Crippen LogP contribution is 2.46. The Kier molecular flexibility index (Phi) is 4.75. The number of esters is 1. The van der Waals surface area contributed by atoms with Gasteiger partial charge in [0.2, 0.25) is 0 Å². The van der Waals surface area contributed by atoms with E-state index in [0.29, 0.717) is 28.8 Å². The zero-order chi connectivity index (χ0) is 16.6. The predicted octanol–water partition coefficient (Wildman–Crippen LogP) is 2.42. The fourth-order valence-electron chi connectivity index (χ4n) is 4.13. The van der Waals surface area contributed by atoms with Crippen molar-refractivity contribution in [3.63, 3.8) is 0 Å². The summed E-state index contributed by atoms with van der Waals surface area (Å²) in [6, 6.07) is -0.0743. The molecule has 4 rings (SSSR count). The molecule has 2 bridgehead atoms. The minimum atomic E-state index is -0.192. The molecule has 2 atom stereocenters. The topological polar surface area (TPSA) is 73.2 Å². The molecule has 1 aromatic heterocycles. The number of fused-ring (bicyclic) bond motifs is 3. The van der Waals surface area contributed by atoms with Crippen molar-refractivity contribution in [1.82, 2.24) is 9.55 Å². The summed E-state index contributed by atoms with van der Waals surface area (Å²) in [5.74, 6) is 0.669. The van der Waals surface area contributed by atoms with Gasteiger partial charge in [-0.2, -0.15) is 0 Å². The van der Waals surface area contributed by atoms with Crippen LogP contribution in [0.4, 0.5) is 5.82 Å². The van der Waals surface area contributed by atoms with Crippen LogP contribution in [-0.2, 0) is 16.1 Å². The van der Waals surface area contributed by atoms with Crippen molar-refractivity contribution in [3.8, 4) is 0 Å². The average Bonchev–Trinajstić information content (AvgIpc) is 2.58. The van der Waals surface area contributed by atoms with Crippen LogP contribution >= 0.6 is 15.9 Å². The van der Waals surface area contributed by atoms with Gasteiger partial charge >= 0.3 is 5.97 Å². The van der Waals surface area contributed by atoms with Gasteiger partial charge in [-0.1, -0.05) is 0 Å². The Labute approximate surface area is 143 Å². The van der Waals surface area contributed by atoms with Crippen molar-refractivity contribution in [2.75, 3.05) is 12.4 Å². The summed E-state index contributed by atoms with van der Waals surface area (Å²) in [5.41, 5.74) is -0.152. The molecule has 1 N–H and O–H groups in total. The summed E-state index contributed by atoms with van der Waals surface area (Å²) >= 11 is 3.35. The van der Waals surface area contributed by atoms with E-state index in [1.54, 1.807) is 10.8 Å². The van der Waals surface area contributed by atoms with Crippen molar-refractivity contribution in [2.45, 2.75) is 45.2 Å². The standard InChI is InChI=1S/C16H22BrN3O3/c1-3-20-8-11(17)18-14(15(20)21)19-13-10-6-4-9(5-7-10)12(13)16(22)23-2/h8-10,12-13H,3-7H2,1-2H3,(H,18,19)/t9?,10?,12-,13-/m0/s1. The largest absolute Gasteiger partial charge is 0.469 e. The van der Waals surface area contributed by atoms with Crippen LogP contribution in [0.2, 0.25) is 0 Å². The van der Waals surface area contributed by atoms with Gasteiger partial charge in [0, 0.05) is 18.8 Å². The van der Waals surface area contributed by atoms with E-state index >= 15 is 0 Å². The lowest BCUT2D eigenvalue weighted by atomic mass is 9.61. The van der Waals surface area contributed by atoms with Crippen LogP contribution in [0, 0.1) is 17.8 Å². The molecule has 3 fully saturated rings. The van der Waals surface area contributed by atoms with Gasteiger partial charge in [-0.25, -0.2) is 4.98 Å². The van der Waals surface area contributed by atoms with Gasteiger partial charge in [0.1, 0.15) is 4.60 Å². The number of halogens is 1. The number of rotatable bonds is 4. The smallest absolute Gasteiger partial charge is 0.311 e. The van der Waals surface area contributed by atoms with Crippen LogP contribution in [0.3, 0.4) is 0 Å². The Bertz CT molecular complexity index is 652. The summed E-state index contributed by atoms with van der Waals surface area (Å²) in [6.45, 7) is 2.49. The minimum Gasteiger partial charge on any atom is -0.469 e. The first-order valence-electron chi connectivity index (χ1n) is 8.16. The summed E-state index contributed by atoms with van der Waals surface area (Å²) < 4.78 is 7.23. The molecule has 126 valence electrons. The quantitative estimate of drug-likeness (QED) is 0.808. The van der Waals surface area contributed by atoms with Crippen LogP contribution in [0.15, 0.2) is 15.6 Å². The van der Waals surface area contributed by atoms with Crippen molar-refractivity contribution in [2.24, 2.45) is 17.8 Å². The number of aryl methyl sites for hydroxylation is 1. The number of methoxy groups -OCH3 is 1. The molecule has 0 saturated heterocycles. The molecular weight excluding hydrogens is 362 g/mol. The van der Waals surface area contributed by atoms with Gasteiger partial charge in [0.05, 0.1) is 13.0 Å². The molecule has 1 aromatic rings. The van der Waals surface area contributed by atoms with E-state index in [0.717, 1.165) is 25.7 Å². The molecule has 6 nitrogen and oxygen atoms in total. The van der Waals surface area contributed by atoms with E-state index in [1.807, 2.05) is 6.92 Å². The van der Waals surface area contributed by atoms with Gasteiger partial charge in [-0.15, -0.1) is 0 Å². The highest BCUT2D eigenvalue weighted by Gasteiger charge is 2.48. The second-order valence-corrected chi connectivity index (χ2v) is 7.21. The molecule has 0 aromatic carbocycles. The molecule has 0 spiro atoms. The second-order valence-electron chi connectivity index (χ2n) is 6.40. The first-order chi connectivity index (χ1) is 11.0. The fraction of sp³-hybridized carbons (Fsp3) is 0.688. The van der Waals surface area contributed by atoms with Crippen LogP contribution < -0.4 is 10.9 Å². The first-order valence-corrected chi connectivity index (χ1v) is 8.95. The van der Waals surface area contributed by atoms with Gasteiger partial charge < -0.3 is 14.6 Å². The molecule has 0 radical (unpaired) electrons. The number of nitrogens with one attached hydrogen (secondary N) is 1. The van der Waals surface area contributed by atoms with E-state index < -0.39 is 0 Å². The molecule has 0 amide bonds. The summed E-state index contributed by atoms with van der Waals surface area (Å²) in [5, 5.41) is 3.29. The zero-order valence-corrected chi connectivity index (χ0v) is 15.0. The number of aromatic nitrogens is 2. The normalized spacial score (nSPS) is 29.3. The molecular formula is C16H22BrN3O3. The van der Waals surface area contributed by atoms with Gasteiger partial charge in [0.25, 0.3) is 5.56 Å². The molecule has 7 heteroatoms. The molecule has 0 aliphatic heterocycles. The third kappa shape index (κ3) is 3.03. The van der Waals surface area contributed by atoms with Crippen molar-refractivity contribution in [1.29, 1.82) is 0 Å². The van der Waals surface area contributed by atoms with E-state index in [-0.39, 0.29) is 23.5 Å². The zero-order valence-electron chi connectivity index (χ0n) is 13.4. The van der Waals surface area contributed by atoms with Crippen molar-refractivity contribution < 1.29 is 9.53 Å². The van der Waals surface area contributed by atoms with Gasteiger partial charge in [0.15, 0.2) is 5.82 Å². The fourth-order valence-corrected chi connectivity index (χ4v) is 4.55. The molecule has 23 heavy (non-hydrogen) atoms. The van der Waals surface area contributed by atoms with Crippen LogP contribution in [0.1, 0.15) is 32.6 Å².